The van der Waals surface area contributed by atoms with Crippen molar-refractivity contribution in [2.24, 2.45) is 0 Å². The Kier molecular flexibility index (Phi) is 5.96. The molecule has 122 valence electrons. The molecule has 1 aromatic carbocycles. The number of hydrogen-bond acceptors (Lipinski definition) is 4. The minimum atomic E-state index is -0.0295. The van der Waals surface area contributed by atoms with E-state index < -0.39 is 0 Å². The lowest BCUT2D eigenvalue weighted by atomic mass is 10.0. The van der Waals surface area contributed by atoms with Crippen LogP contribution in [0.3, 0.4) is 0 Å². The average molecular weight is 396 g/mol. The number of amides is 1. The number of benzene rings is 1. The average Bonchev–Trinajstić information content (AvgIpc) is 2.92. The van der Waals surface area contributed by atoms with Crippen LogP contribution in [0.1, 0.15) is 27.7 Å². The van der Waals surface area contributed by atoms with E-state index in [2.05, 4.69) is 15.9 Å². The van der Waals surface area contributed by atoms with Gasteiger partial charge in [0.2, 0.25) is 5.91 Å². The largest absolute Gasteiger partial charge is 0.496 e. The maximum Gasteiger partial charge on any atom is 0.227 e. The highest BCUT2D eigenvalue weighted by atomic mass is 79.9. The lowest BCUT2D eigenvalue weighted by Gasteiger charge is -2.17. The summed E-state index contributed by atoms with van der Waals surface area (Å²) >= 11 is 5.03. The van der Waals surface area contributed by atoms with E-state index in [1.54, 1.807) is 48.6 Å². The molecule has 0 N–H and O–H groups in total. The molecule has 23 heavy (non-hydrogen) atoms. The SMILES string of the molecule is COc1ccc(C(C)=O)cc1CC(=O)N(C)Cc1ccc(Br)s1. The smallest absolute Gasteiger partial charge is 0.227 e. The molecule has 2 aromatic rings. The van der Waals surface area contributed by atoms with Crippen molar-refractivity contribution in [3.63, 3.8) is 0 Å². The zero-order valence-electron chi connectivity index (χ0n) is 13.3. The number of thiophene rings is 1. The summed E-state index contributed by atoms with van der Waals surface area (Å²) in [6.07, 6.45) is 0.202. The minimum absolute atomic E-state index is 0.0199. The van der Waals surface area contributed by atoms with Gasteiger partial charge in [-0.25, -0.2) is 0 Å². The fourth-order valence-electron chi connectivity index (χ4n) is 2.19. The fourth-order valence-corrected chi connectivity index (χ4v) is 3.73. The van der Waals surface area contributed by atoms with Gasteiger partial charge in [-0.2, -0.15) is 0 Å². The van der Waals surface area contributed by atoms with Crippen LogP contribution in [0.2, 0.25) is 0 Å². The van der Waals surface area contributed by atoms with Crippen molar-refractivity contribution in [3.8, 4) is 5.75 Å². The lowest BCUT2D eigenvalue weighted by Crippen LogP contribution is -2.27. The second-order valence-corrected chi connectivity index (χ2v) is 7.76. The molecule has 1 heterocycles. The monoisotopic (exact) mass is 395 g/mol. The van der Waals surface area contributed by atoms with Gasteiger partial charge in [0, 0.05) is 23.1 Å². The predicted octanol–water partition coefficient (Wildman–Crippen LogP) is 3.92. The third kappa shape index (κ3) is 4.65. The van der Waals surface area contributed by atoms with E-state index in [-0.39, 0.29) is 18.1 Å². The number of ether oxygens (including phenoxy) is 1. The van der Waals surface area contributed by atoms with Crippen LogP contribution in [-0.2, 0) is 17.8 Å². The molecule has 0 saturated carbocycles. The first kappa shape index (κ1) is 17.7. The maximum atomic E-state index is 12.5. The molecule has 0 aliphatic carbocycles. The summed E-state index contributed by atoms with van der Waals surface area (Å²) in [5.74, 6) is 0.572. The number of carbonyl (C=O) groups excluding carboxylic acids is 2. The Balaban J connectivity index is 2.12. The van der Waals surface area contributed by atoms with Gasteiger partial charge in [-0.15, -0.1) is 11.3 Å². The van der Waals surface area contributed by atoms with Gasteiger partial charge in [-0.05, 0) is 53.2 Å². The minimum Gasteiger partial charge on any atom is -0.496 e. The Bertz CT molecular complexity index is 726. The molecule has 4 nitrogen and oxygen atoms in total. The summed E-state index contributed by atoms with van der Waals surface area (Å²) < 4.78 is 6.34. The zero-order chi connectivity index (χ0) is 17.0. The zero-order valence-corrected chi connectivity index (χ0v) is 15.7. The molecule has 0 fully saturated rings. The van der Waals surface area contributed by atoms with Crippen molar-refractivity contribution in [2.75, 3.05) is 14.2 Å². The molecule has 0 spiro atoms. The molecule has 2 rings (SSSR count). The summed E-state index contributed by atoms with van der Waals surface area (Å²) in [6.45, 7) is 2.07. The van der Waals surface area contributed by atoms with E-state index >= 15 is 0 Å². The van der Waals surface area contributed by atoms with E-state index in [1.165, 1.54) is 6.92 Å². The Morgan fingerprint density at radius 1 is 1.26 bits per heavy atom. The first-order valence-corrected chi connectivity index (χ1v) is 8.67. The molecule has 1 amide bonds. The molecule has 0 unspecified atom stereocenters. The summed E-state index contributed by atoms with van der Waals surface area (Å²) in [5.41, 5.74) is 1.31. The van der Waals surface area contributed by atoms with Crippen molar-refractivity contribution < 1.29 is 14.3 Å². The summed E-state index contributed by atoms with van der Waals surface area (Å²) in [7, 11) is 3.33. The van der Waals surface area contributed by atoms with Crippen molar-refractivity contribution in [1.82, 2.24) is 4.90 Å². The summed E-state index contributed by atoms with van der Waals surface area (Å²) in [6, 6.07) is 9.14. The second-order valence-electron chi connectivity index (χ2n) is 5.22. The van der Waals surface area contributed by atoms with Gasteiger partial charge in [-0.3, -0.25) is 9.59 Å². The Labute approximate surface area is 148 Å². The van der Waals surface area contributed by atoms with Crippen LogP contribution in [-0.4, -0.2) is 30.7 Å². The molecular weight excluding hydrogens is 378 g/mol. The van der Waals surface area contributed by atoms with E-state index in [0.29, 0.717) is 17.9 Å². The quantitative estimate of drug-likeness (QED) is 0.696. The molecule has 0 radical (unpaired) electrons. The third-order valence-electron chi connectivity index (χ3n) is 3.48. The number of methoxy groups -OCH3 is 1. The van der Waals surface area contributed by atoms with Crippen LogP contribution in [0.5, 0.6) is 5.75 Å². The van der Waals surface area contributed by atoms with Crippen molar-refractivity contribution in [1.29, 1.82) is 0 Å². The van der Waals surface area contributed by atoms with Crippen molar-refractivity contribution in [2.45, 2.75) is 19.9 Å². The first-order chi connectivity index (χ1) is 10.9. The number of rotatable bonds is 6. The normalized spacial score (nSPS) is 10.4. The van der Waals surface area contributed by atoms with Crippen LogP contribution in [0.25, 0.3) is 0 Å². The highest BCUT2D eigenvalue weighted by Gasteiger charge is 2.15. The number of ketones is 1. The van der Waals surface area contributed by atoms with Gasteiger partial charge < -0.3 is 9.64 Å². The highest BCUT2D eigenvalue weighted by molar-refractivity contribution is 9.11. The van der Waals surface area contributed by atoms with Crippen molar-refractivity contribution in [3.05, 3.63) is 50.1 Å². The number of hydrogen-bond donors (Lipinski definition) is 0. The Morgan fingerprint density at radius 2 is 2.00 bits per heavy atom. The topological polar surface area (TPSA) is 46.6 Å². The summed E-state index contributed by atoms with van der Waals surface area (Å²) in [5, 5.41) is 0. The maximum absolute atomic E-state index is 12.5. The van der Waals surface area contributed by atoms with Crippen LogP contribution in [0.15, 0.2) is 34.1 Å². The highest BCUT2D eigenvalue weighted by Crippen LogP contribution is 2.24. The van der Waals surface area contributed by atoms with E-state index in [0.717, 1.165) is 14.2 Å². The van der Waals surface area contributed by atoms with Gasteiger partial charge in [0.05, 0.1) is 23.9 Å². The molecule has 0 atom stereocenters. The van der Waals surface area contributed by atoms with E-state index in [9.17, 15) is 9.59 Å². The van der Waals surface area contributed by atoms with Crippen LogP contribution >= 0.6 is 27.3 Å². The molecule has 6 heteroatoms. The standard InChI is InChI=1S/C17H18BrNO3S/c1-11(20)12-4-6-15(22-3)13(8-12)9-17(21)19(2)10-14-5-7-16(18)23-14/h4-8H,9-10H2,1-3H3. The van der Waals surface area contributed by atoms with Crippen LogP contribution < -0.4 is 4.74 Å². The van der Waals surface area contributed by atoms with Crippen LogP contribution in [0.4, 0.5) is 0 Å². The third-order valence-corrected chi connectivity index (χ3v) is 5.08. The lowest BCUT2D eigenvalue weighted by molar-refractivity contribution is -0.129. The van der Waals surface area contributed by atoms with Crippen LogP contribution in [0, 0.1) is 0 Å². The van der Waals surface area contributed by atoms with Crippen molar-refractivity contribution >= 4 is 39.0 Å². The fraction of sp³-hybridized carbons (Fsp3) is 0.294. The summed E-state index contributed by atoms with van der Waals surface area (Å²) in [4.78, 5) is 26.8. The van der Waals surface area contributed by atoms with Gasteiger partial charge in [0.1, 0.15) is 5.75 Å². The molecule has 0 aliphatic rings. The number of Topliss-reactive ketones (excluding diaryl/α,β-unsaturated/α-hetero) is 1. The molecular formula is C17H18BrNO3S. The van der Waals surface area contributed by atoms with Gasteiger partial charge in [-0.1, -0.05) is 0 Å². The molecule has 0 saturated heterocycles. The number of carbonyl (C=O) groups is 2. The molecule has 0 aliphatic heterocycles. The van der Waals surface area contributed by atoms with Gasteiger partial charge >= 0.3 is 0 Å². The Hall–Kier alpha value is -1.66. The predicted molar refractivity (Wildman–Crippen MR) is 95.2 cm³/mol. The number of likely N-dealkylation sites (N-methyl/N-ethyl adjacent to an activating group) is 1. The number of halogens is 1. The Morgan fingerprint density at radius 3 is 2.57 bits per heavy atom. The second kappa shape index (κ2) is 7.75. The molecule has 0 bridgehead atoms. The van der Waals surface area contributed by atoms with E-state index in [1.807, 2.05) is 12.1 Å². The van der Waals surface area contributed by atoms with E-state index in [4.69, 9.17) is 4.74 Å². The first-order valence-electron chi connectivity index (χ1n) is 7.06. The molecule has 1 aromatic heterocycles. The van der Waals surface area contributed by atoms with Gasteiger partial charge in [0.25, 0.3) is 0 Å². The number of nitrogens with zero attached hydrogens (tertiary/aromatic N) is 1. The van der Waals surface area contributed by atoms with Gasteiger partial charge in [0.15, 0.2) is 5.78 Å².